The molecule has 0 amide bonds. The highest BCUT2D eigenvalue weighted by Gasteiger charge is 2.30. The van der Waals surface area contributed by atoms with Crippen LogP contribution >= 0.6 is 0 Å². The highest BCUT2D eigenvalue weighted by Crippen LogP contribution is 2.39. The van der Waals surface area contributed by atoms with E-state index in [1.807, 2.05) is 52.0 Å². The van der Waals surface area contributed by atoms with Crippen LogP contribution in [-0.2, 0) is 14.9 Å². The Balaban J connectivity index is 1.90. The van der Waals surface area contributed by atoms with E-state index >= 15 is 0 Å². The van der Waals surface area contributed by atoms with Crippen molar-refractivity contribution < 1.29 is 22.1 Å². The van der Waals surface area contributed by atoms with Gasteiger partial charge in [0.15, 0.2) is 0 Å². The number of methoxy groups -OCH3 is 1. The fourth-order valence-electron chi connectivity index (χ4n) is 4.83. The molecular weight excluding hydrogens is 502 g/mol. The molecule has 9 heteroatoms. The third kappa shape index (κ3) is 5.59. The zero-order chi connectivity index (χ0) is 27.8. The summed E-state index contributed by atoms with van der Waals surface area (Å²) in [5.41, 5.74) is 4.00. The lowest BCUT2D eigenvalue weighted by Crippen LogP contribution is -2.36. The fourth-order valence-corrected chi connectivity index (χ4v) is 6.42. The van der Waals surface area contributed by atoms with E-state index in [-0.39, 0.29) is 28.5 Å². The van der Waals surface area contributed by atoms with Crippen LogP contribution in [0.5, 0.6) is 11.6 Å². The molecule has 2 aromatic carbocycles. The summed E-state index contributed by atoms with van der Waals surface area (Å²) in [7, 11) is -2.61. The van der Waals surface area contributed by atoms with Gasteiger partial charge >= 0.3 is 10.1 Å². The van der Waals surface area contributed by atoms with Crippen molar-refractivity contribution in [3.8, 4) is 11.6 Å². The van der Waals surface area contributed by atoms with Gasteiger partial charge in [-0.05, 0) is 47.4 Å². The lowest BCUT2D eigenvalue weighted by Gasteiger charge is -2.30. The minimum atomic E-state index is -4.22. The average molecular weight is 542 g/mol. The van der Waals surface area contributed by atoms with E-state index in [0.29, 0.717) is 48.8 Å². The number of morpholine rings is 1. The van der Waals surface area contributed by atoms with Crippen molar-refractivity contribution >= 4 is 26.7 Å². The Labute approximate surface area is 226 Å². The maximum absolute atomic E-state index is 14.1. The molecule has 0 saturated carbocycles. The first-order valence-electron chi connectivity index (χ1n) is 13.2. The monoisotopic (exact) mass is 541 g/mol. The number of aromatic nitrogens is 2. The fraction of sp³-hybridized carbons (Fsp3) is 0.517. The molecule has 2 heterocycles. The van der Waals surface area contributed by atoms with Crippen LogP contribution in [0.2, 0.25) is 0 Å². The van der Waals surface area contributed by atoms with Gasteiger partial charge in [-0.15, -0.1) is 0 Å². The number of nitrogens with zero attached hydrogens (tertiary/aromatic N) is 3. The number of anilines is 1. The van der Waals surface area contributed by atoms with Gasteiger partial charge in [-0.25, -0.2) is 4.98 Å². The smallest absolute Gasteiger partial charge is 0.341 e. The third-order valence-corrected chi connectivity index (χ3v) is 8.29. The molecule has 0 radical (unpaired) electrons. The molecule has 4 rings (SSSR count). The molecule has 1 fully saturated rings. The van der Waals surface area contributed by atoms with Gasteiger partial charge in [-0.2, -0.15) is 13.4 Å². The van der Waals surface area contributed by atoms with Gasteiger partial charge < -0.3 is 18.6 Å². The first kappa shape index (κ1) is 28.1. The second-order valence-corrected chi connectivity index (χ2v) is 12.2. The maximum Gasteiger partial charge on any atom is 0.341 e. The number of fused-ring (bicyclic) bond motifs is 1. The van der Waals surface area contributed by atoms with Gasteiger partial charge in [-0.3, -0.25) is 0 Å². The van der Waals surface area contributed by atoms with Crippen molar-refractivity contribution in [2.45, 2.75) is 71.1 Å². The number of rotatable bonds is 8. The Hall–Kier alpha value is -2.91. The quantitative estimate of drug-likeness (QED) is 0.325. The molecule has 206 valence electrons. The summed E-state index contributed by atoms with van der Waals surface area (Å²) in [6, 6.07) is 7.67. The van der Waals surface area contributed by atoms with Gasteiger partial charge in [0.25, 0.3) is 0 Å². The van der Waals surface area contributed by atoms with Crippen LogP contribution in [-0.4, -0.2) is 51.8 Å². The lowest BCUT2D eigenvalue weighted by atomic mass is 9.89. The molecule has 0 N–H and O–H groups in total. The second-order valence-electron chi connectivity index (χ2n) is 10.7. The molecule has 8 nitrogen and oxygen atoms in total. The van der Waals surface area contributed by atoms with Gasteiger partial charge in [0.1, 0.15) is 16.5 Å². The van der Waals surface area contributed by atoms with Crippen molar-refractivity contribution in [1.29, 1.82) is 0 Å². The van der Waals surface area contributed by atoms with Gasteiger partial charge in [0.2, 0.25) is 5.88 Å². The van der Waals surface area contributed by atoms with E-state index in [2.05, 4.69) is 28.7 Å². The Bertz CT molecular complexity index is 1400. The average Bonchev–Trinajstić information content (AvgIpc) is 2.87. The summed E-state index contributed by atoms with van der Waals surface area (Å²) in [6.45, 7) is 16.6. The summed E-state index contributed by atoms with van der Waals surface area (Å²) < 4.78 is 45.2. The normalized spacial score (nSPS) is 14.7. The Morgan fingerprint density at radius 2 is 1.50 bits per heavy atom. The zero-order valence-corrected chi connectivity index (χ0v) is 24.5. The van der Waals surface area contributed by atoms with Crippen LogP contribution in [0, 0.1) is 6.92 Å². The van der Waals surface area contributed by atoms with Crippen molar-refractivity contribution in [2.75, 3.05) is 38.3 Å². The Kier molecular flexibility index (Phi) is 8.18. The van der Waals surface area contributed by atoms with E-state index in [4.69, 9.17) is 13.7 Å². The molecule has 3 aromatic rings. The molecule has 1 aliphatic heterocycles. The molecule has 0 unspecified atom stereocenters. The summed E-state index contributed by atoms with van der Waals surface area (Å²) in [5, 5.41) is 0.512. The number of hydrogen-bond donors (Lipinski definition) is 0. The van der Waals surface area contributed by atoms with Crippen LogP contribution in [0.3, 0.4) is 0 Å². The van der Waals surface area contributed by atoms with Crippen molar-refractivity contribution in [3.63, 3.8) is 0 Å². The van der Waals surface area contributed by atoms with Gasteiger partial charge in [-0.1, -0.05) is 53.7 Å². The largest absolute Gasteiger partial charge is 0.495 e. The Morgan fingerprint density at radius 1 is 0.895 bits per heavy atom. The van der Waals surface area contributed by atoms with Crippen molar-refractivity contribution in [1.82, 2.24) is 9.97 Å². The van der Waals surface area contributed by atoms with Crippen LogP contribution in [0.4, 0.5) is 5.69 Å². The molecule has 1 saturated heterocycles. The predicted molar refractivity (Wildman–Crippen MR) is 150 cm³/mol. The molecule has 38 heavy (non-hydrogen) atoms. The highest BCUT2D eigenvalue weighted by molar-refractivity contribution is 7.87. The summed E-state index contributed by atoms with van der Waals surface area (Å²) in [4.78, 5) is 11.4. The topological polar surface area (TPSA) is 90.9 Å². The number of ether oxygens (including phenoxy) is 2. The maximum atomic E-state index is 14.1. The van der Waals surface area contributed by atoms with E-state index in [0.717, 1.165) is 22.4 Å². The second kappa shape index (κ2) is 11.1. The van der Waals surface area contributed by atoms with Crippen LogP contribution in [0.25, 0.3) is 10.9 Å². The lowest BCUT2D eigenvalue weighted by molar-refractivity contribution is 0.122. The summed E-state index contributed by atoms with van der Waals surface area (Å²) >= 11 is 0. The SMILES string of the molecule is COc1cc2nc(C)nc(OS(=O)(=O)c3c(C(C)C)cc(C(C)C)cc3C(C)C)c2cc1N1CCOCC1. The molecule has 0 spiro atoms. The number of hydrogen-bond acceptors (Lipinski definition) is 8. The molecule has 0 aliphatic carbocycles. The van der Waals surface area contributed by atoms with E-state index in [1.54, 1.807) is 14.0 Å². The van der Waals surface area contributed by atoms with Crippen LogP contribution in [0.1, 0.15) is 81.8 Å². The molecule has 1 aromatic heterocycles. The standard InChI is InChI=1S/C29H39N3O5S/c1-17(2)21-13-22(18(3)4)28(23(14-21)19(5)6)38(33,34)37-29-24-15-26(32-9-11-36-12-10-32)27(35-8)16-25(24)30-20(7)31-29/h13-19H,9-12H2,1-8H3. The van der Waals surface area contributed by atoms with E-state index in [9.17, 15) is 8.42 Å². The molecule has 1 aliphatic rings. The molecule has 0 atom stereocenters. The van der Waals surface area contributed by atoms with Gasteiger partial charge in [0, 0.05) is 19.2 Å². The minimum Gasteiger partial charge on any atom is -0.495 e. The first-order valence-corrected chi connectivity index (χ1v) is 14.6. The molecular formula is C29H39N3O5S. The van der Waals surface area contributed by atoms with Crippen molar-refractivity contribution in [3.05, 3.63) is 46.8 Å². The van der Waals surface area contributed by atoms with E-state index in [1.165, 1.54) is 0 Å². The first-order chi connectivity index (χ1) is 17.9. The van der Waals surface area contributed by atoms with E-state index < -0.39 is 10.1 Å². The molecule has 0 bridgehead atoms. The summed E-state index contributed by atoms with van der Waals surface area (Å²) in [5.74, 6) is 1.32. The Morgan fingerprint density at radius 3 is 2.03 bits per heavy atom. The van der Waals surface area contributed by atoms with Crippen LogP contribution in [0.15, 0.2) is 29.2 Å². The van der Waals surface area contributed by atoms with Crippen LogP contribution < -0.4 is 13.8 Å². The number of aryl methyl sites for hydroxylation is 1. The number of benzene rings is 2. The third-order valence-electron chi connectivity index (χ3n) is 6.94. The summed E-state index contributed by atoms with van der Waals surface area (Å²) in [6.07, 6.45) is 0. The highest BCUT2D eigenvalue weighted by atomic mass is 32.2. The van der Waals surface area contributed by atoms with Crippen molar-refractivity contribution in [2.24, 2.45) is 0 Å². The zero-order valence-electron chi connectivity index (χ0n) is 23.7. The van der Waals surface area contributed by atoms with Gasteiger partial charge in [0.05, 0.1) is 36.9 Å². The minimum absolute atomic E-state index is 0.0133. The predicted octanol–water partition coefficient (Wildman–Crippen LogP) is 5.92.